The number of carbonyl (C=O) groups excluding carboxylic acids is 1. The fourth-order valence-corrected chi connectivity index (χ4v) is 13.2. The van der Waals surface area contributed by atoms with Crippen molar-refractivity contribution in [3.8, 4) is 5.75 Å². The Balaban J connectivity index is 1.31. The quantitative estimate of drug-likeness (QED) is 0.276. The molecule has 1 aromatic carbocycles. The van der Waals surface area contributed by atoms with Gasteiger partial charge in [-0.2, -0.15) is 0 Å². The Morgan fingerprint density at radius 3 is 2.43 bits per heavy atom. The lowest BCUT2D eigenvalue weighted by atomic mass is 9.40. The van der Waals surface area contributed by atoms with Crippen LogP contribution in [-0.2, 0) is 18.9 Å². The molecule has 12 nitrogen and oxygen atoms in total. The number of methoxy groups -OCH3 is 4. The van der Waals surface area contributed by atoms with Gasteiger partial charge in [0.2, 0.25) is 0 Å². The molecule has 6 fully saturated rings. The van der Waals surface area contributed by atoms with Gasteiger partial charge in [0.05, 0.1) is 31.5 Å². The summed E-state index contributed by atoms with van der Waals surface area (Å²) in [5.74, 6) is -1.68. The molecule has 15 atom stereocenters. The van der Waals surface area contributed by atoms with E-state index < -0.39 is 63.8 Å². The first kappa shape index (κ1) is 33.6. The molecule has 6 aliphatic rings. The van der Waals surface area contributed by atoms with Crippen LogP contribution in [0.2, 0.25) is 0 Å². The molecule has 49 heavy (non-hydrogen) atoms. The zero-order chi connectivity index (χ0) is 35.0. The van der Waals surface area contributed by atoms with E-state index in [1.807, 2.05) is 6.92 Å². The summed E-state index contributed by atoms with van der Waals surface area (Å²) in [6.45, 7) is 7.70. The van der Waals surface area contributed by atoms with Crippen molar-refractivity contribution in [2.24, 2.45) is 39.9 Å². The Bertz CT molecular complexity index is 1730. The largest absolute Gasteiger partial charge is 0.497 e. The van der Waals surface area contributed by atoms with Gasteiger partial charge in [0.15, 0.2) is 0 Å². The number of benzene rings is 1. The average Bonchev–Trinajstić information content (AvgIpc) is 3.47. The maximum absolute atomic E-state index is 14.1. The molecule has 5 saturated carbocycles. The van der Waals surface area contributed by atoms with E-state index in [4.69, 9.17) is 28.1 Å². The minimum absolute atomic E-state index is 0.0932. The number of ether oxygens (including phenoxy) is 5. The van der Waals surface area contributed by atoms with Crippen molar-refractivity contribution in [1.29, 1.82) is 0 Å². The van der Waals surface area contributed by atoms with Gasteiger partial charge in [0.25, 0.3) is 0 Å². The van der Waals surface area contributed by atoms with Crippen LogP contribution in [0.5, 0.6) is 5.75 Å². The second-order valence-corrected chi connectivity index (χ2v) is 15.7. The lowest BCUT2D eigenvalue weighted by Crippen LogP contribution is -2.78. The van der Waals surface area contributed by atoms with E-state index in [9.17, 15) is 24.9 Å². The van der Waals surface area contributed by atoms with Crippen molar-refractivity contribution in [2.45, 2.75) is 88.3 Å². The van der Waals surface area contributed by atoms with Crippen molar-refractivity contribution < 1.29 is 48.2 Å². The van der Waals surface area contributed by atoms with Crippen LogP contribution in [-0.4, -0.2) is 116 Å². The predicted molar refractivity (Wildman–Crippen MR) is 175 cm³/mol. The minimum Gasteiger partial charge on any atom is -0.497 e. The molecule has 2 heterocycles. The van der Waals surface area contributed by atoms with Crippen LogP contribution < -0.4 is 10.4 Å². The topological polar surface area (TPSA) is 157 Å². The smallest absolute Gasteiger partial charge is 0.351 e. The van der Waals surface area contributed by atoms with Crippen LogP contribution in [0.4, 0.5) is 0 Å². The maximum atomic E-state index is 14.1. The highest BCUT2D eigenvalue weighted by Gasteiger charge is 2.90. The third-order valence-electron chi connectivity index (χ3n) is 14.8. The number of esters is 1. The summed E-state index contributed by atoms with van der Waals surface area (Å²) in [6, 6.07) is 6.31. The number of nitrogens with zero attached hydrogens (tertiary/aromatic N) is 1. The van der Waals surface area contributed by atoms with Gasteiger partial charge in [-0.05, 0) is 43.5 Å². The van der Waals surface area contributed by atoms with Crippen LogP contribution in [0.3, 0.4) is 0 Å². The summed E-state index contributed by atoms with van der Waals surface area (Å²) in [5, 5.41) is 37.8. The number of hydrogen-bond donors (Lipinski definition) is 3. The van der Waals surface area contributed by atoms with Crippen molar-refractivity contribution in [3.63, 3.8) is 0 Å². The van der Waals surface area contributed by atoms with Crippen LogP contribution in [0, 0.1) is 39.9 Å². The lowest BCUT2D eigenvalue weighted by molar-refractivity contribution is -0.296. The van der Waals surface area contributed by atoms with E-state index in [0.717, 1.165) is 13.0 Å². The SMILES string of the molecule is CCN1CC2(CC)C3[C@H](OC)C4C1C3(C1C[C@@]3(O)[C@H](OC(=O)c5cc6ccc(OC)cc6oc5=O)C1[C@]4(C)[C@@H](O)[C@@H]3OC)[C@@H](OC)C[C@H]2O. The normalized spacial score (nSPS) is 47.8. The Kier molecular flexibility index (Phi) is 7.51. The Hall–Kier alpha value is -2.58. The van der Waals surface area contributed by atoms with Crippen LogP contribution in [0.15, 0.2) is 33.5 Å². The number of aliphatic hydroxyl groups excluding tert-OH is 2. The van der Waals surface area contributed by atoms with E-state index in [2.05, 4.69) is 18.7 Å². The van der Waals surface area contributed by atoms with Crippen molar-refractivity contribution in [2.75, 3.05) is 41.5 Å². The number of aliphatic hydroxyl groups is 3. The Morgan fingerprint density at radius 1 is 1.04 bits per heavy atom. The Morgan fingerprint density at radius 2 is 1.80 bits per heavy atom. The molecule has 1 aromatic heterocycles. The molecule has 0 radical (unpaired) electrons. The molecule has 8 rings (SSSR count). The highest BCUT2D eigenvalue weighted by molar-refractivity contribution is 5.93. The summed E-state index contributed by atoms with van der Waals surface area (Å²) in [4.78, 5) is 29.8. The first-order valence-corrected chi connectivity index (χ1v) is 17.6. The molecule has 1 spiro atoms. The number of likely N-dealkylation sites (tertiary alicyclic amines) is 1. The van der Waals surface area contributed by atoms with Crippen molar-refractivity contribution >= 4 is 16.9 Å². The number of rotatable bonds is 8. The second kappa shape index (κ2) is 11.0. The van der Waals surface area contributed by atoms with Gasteiger partial charge in [-0.25, -0.2) is 9.59 Å². The summed E-state index contributed by atoms with van der Waals surface area (Å²) in [6.07, 6.45) is -3.40. The predicted octanol–water partition coefficient (Wildman–Crippen LogP) is 2.23. The first-order chi connectivity index (χ1) is 23.4. The van der Waals surface area contributed by atoms with E-state index in [-0.39, 0.29) is 53.6 Å². The first-order valence-electron chi connectivity index (χ1n) is 17.6. The molecule has 7 unspecified atom stereocenters. The van der Waals surface area contributed by atoms with Crippen LogP contribution in [0.25, 0.3) is 11.0 Å². The van der Waals surface area contributed by atoms with Gasteiger partial charge in [-0.15, -0.1) is 0 Å². The summed E-state index contributed by atoms with van der Waals surface area (Å²) < 4.78 is 36.0. The molecule has 268 valence electrons. The number of piperidine rings is 1. The van der Waals surface area contributed by atoms with E-state index in [1.165, 1.54) is 20.3 Å². The minimum atomic E-state index is -1.78. The average molecular weight is 684 g/mol. The fraction of sp³-hybridized carbons (Fsp3) is 0.730. The molecular weight excluding hydrogens is 634 g/mol. The fourth-order valence-electron chi connectivity index (χ4n) is 13.2. The van der Waals surface area contributed by atoms with Gasteiger partial charge < -0.3 is 43.4 Å². The summed E-state index contributed by atoms with van der Waals surface area (Å²) in [5.41, 5.74) is -4.75. The van der Waals surface area contributed by atoms with Crippen LogP contribution >= 0.6 is 0 Å². The molecule has 12 heteroatoms. The monoisotopic (exact) mass is 683 g/mol. The molecule has 1 aliphatic heterocycles. The molecular formula is C37H49NO11. The molecule has 1 saturated heterocycles. The summed E-state index contributed by atoms with van der Waals surface area (Å²) >= 11 is 0. The van der Waals surface area contributed by atoms with E-state index in [0.29, 0.717) is 24.1 Å². The van der Waals surface area contributed by atoms with Crippen molar-refractivity contribution in [1.82, 2.24) is 4.90 Å². The van der Waals surface area contributed by atoms with Gasteiger partial charge in [-0.3, -0.25) is 4.90 Å². The standard InChI is InChI=1S/C37H49NO11/c1-8-35-16-38(9-2)28-25-26(46-6)27(35)37(28,23(45-5)14-22(35)39)20-15-36(43)30(24(20)34(25,3)29(40)31(36)47-7)49-33(42)19-12-17-10-11-18(44-4)13-21(17)48-32(19)41/h10-13,20,22-31,39-40,43H,8-9,14-16H2,1-7H3/t20?,22-,23+,24?,25?,26-,27?,28?,29+,30-,31+,34+,35?,36-,37?/m1/s1. The maximum Gasteiger partial charge on any atom is 0.351 e. The second-order valence-electron chi connectivity index (χ2n) is 15.7. The van der Waals surface area contributed by atoms with Crippen molar-refractivity contribution in [3.05, 3.63) is 40.2 Å². The molecule has 7 bridgehead atoms. The van der Waals surface area contributed by atoms with Gasteiger partial charge in [0, 0.05) is 85.8 Å². The molecule has 5 aliphatic carbocycles. The van der Waals surface area contributed by atoms with Crippen LogP contribution in [0.1, 0.15) is 50.4 Å². The lowest BCUT2D eigenvalue weighted by Gasteiger charge is -2.70. The number of carbonyl (C=O) groups is 1. The zero-order valence-corrected chi connectivity index (χ0v) is 29.3. The highest BCUT2D eigenvalue weighted by atomic mass is 16.6. The van der Waals surface area contributed by atoms with Gasteiger partial charge in [0.1, 0.15) is 34.7 Å². The third-order valence-corrected chi connectivity index (χ3v) is 14.8. The van der Waals surface area contributed by atoms with Gasteiger partial charge >= 0.3 is 11.6 Å². The van der Waals surface area contributed by atoms with E-state index >= 15 is 0 Å². The number of hydrogen-bond acceptors (Lipinski definition) is 12. The molecule has 3 N–H and O–H groups in total. The van der Waals surface area contributed by atoms with E-state index in [1.54, 1.807) is 32.4 Å². The zero-order valence-electron chi connectivity index (χ0n) is 29.3. The molecule has 0 amide bonds. The third kappa shape index (κ3) is 3.73. The molecule has 2 aromatic rings. The number of fused-ring (bicyclic) bond motifs is 3. The van der Waals surface area contributed by atoms with Gasteiger partial charge in [-0.1, -0.05) is 20.8 Å². The summed E-state index contributed by atoms with van der Waals surface area (Å²) in [7, 11) is 6.37. The Labute approximate surface area is 285 Å². The highest BCUT2D eigenvalue weighted by Crippen LogP contribution is 2.82.